The Balaban J connectivity index is 2.60. The van der Waals surface area contributed by atoms with Crippen LogP contribution in [0.1, 0.15) is 90.9 Å². The topological polar surface area (TPSA) is 21.3 Å². The second-order valence-corrected chi connectivity index (χ2v) is 6.54. The van der Waals surface area contributed by atoms with Gasteiger partial charge in [0.1, 0.15) is 0 Å². The smallest absolute Gasteiger partial charge is 0.0830 e. The average Bonchev–Trinajstić information content (AvgIpc) is 2.73. The van der Waals surface area contributed by atoms with Crippen LogP contribution < -0.4 is 5.32 Å². The fourth-order valence-corrected chi connectivity index (χ4v) is 3.67. The summed E-state index contributed by atoms with van der Waals surface area (Å²) in [5, 5.41) is 3.81. The van der Waals surface area contributed by atoms with E-state index in [-0.39, 0.29) is 5.60 Å². The molecule has 1 fully saturated rings. The minimum atomic E-state index is 0.109. The van der Waals surface area contributed by atoms with Crippen LogP contribution in [0, 0.1) is 0 Å². The highest BCUT2D eigenvalue weighted by atomic mass is 16.5. The van der Waals surface area contributed by atoms with Crippen LogP contribution in [-0.4, -0.2) is 25.3 Å². The first-order chi connectivity index (χ1) is 9.79. The van der Waals surface area contributed by atoms with Gasteiger partial charge < -0.3 is 10.1 Å². The molecule has 0 aliphatic heterocycles. The van der Waals surface area contributed by atoms with Crippen LogP contribution >= 0.6 is 0 Å². The molecule has 120 valence electrons. The average molecular weight is 284 g/mol. The van der Waals surface area contributed by atoms with E-state index in [1.54, 1.807) is 0 Å². The minimum Gasteiger partial charge on any atom is -0.377 e. The molecule has 1 aliphatic carbocycles. The molecule has 1 atom stereocenters. The van der Waals surface area contributed by atoms with Gasteiger partial charge in [-0.1, -0.05) is 65.2 Å². The molecule has 0 radical (unpaired) electrons. The van der Waals surface area contributed by atoms with Crippen molar-refractivity contribution in [3.8, 4) is 0 Å². The maximum Gasteiger partial charge on any atom is 0.0830 e. The summed E-state index contributed by atoms with van der Waals surface area (Å²) >= 11 is 0. The summed E-state index contributed by atoms with van der Waals surface area (Å²) in [7, 11) is 1.94. The van der Waals surface area contributed by atoms with Crippen LogP contribution in [0.25, 0.3) is 0 Å². The maximum atomic E-state index is 6.11. The largest absolute Gasteiger partial charge is 0.377 e. The first-order valence-electron chi connectivity index (χ1n) is 9.07. The number of nitrogens with one attached hydrogen (secondary N) is 1. The predicted octanol–water partition coefficient (Wildman–Crippen LogP) is 5.06. The molecule has 1 N–H and O–H groups in total. The van der Waals surface area contributed by atoms with Crippen molar-refractivity contribution in [3.05, 3.63) is 0 Å². The van der Waals surface area contributed by atoms with Crippen LogP contribution in [0.4, 0.5) is 0 Å². The lowest BCUT2D eigenvalue weighted by Crippen LogP contribution is -2.52. The quantitative estimate of drug-likeness (QED) is 0.447. The van der Waals surface area contributed by atoms with Gasteiger partial charge in [0.25, 0.3) is 0 Å². The molecule has 1 unspecified atom stereocenters. The Morgan fingerprint density at radius 2 is 1.65 bits per heavy atom. The number of hydrogen-bond acceptors (Lipinski definition) is 2. The van der Waals surface area contributed by atoms with Crippen LogP contribution in [0.3, 0.4) is 0 Å². The van der Waals surface area contributed by atoms with Gasteiger partial charge in [0, 0.05) is 13.2 Å². The first-order valence-corrected chi connectivity index (χ1v) is 9.07. The Hall–Kier alpha value is -0.0800. The second kappa shape index (κ2) is 10.6. The van der Waals surface area contributed by atoms with Crippen molar-refractivity contribution >= 4 is 0 Å². The Morgan fingerprint density at radius 3 is 2.20 bits per heavy atom. The monoisotopic (exact) mass is 283 g/mol. The van der Waals surface area contributed by atoms with Gasteiger partial charge in [-0.2, -0.15) is 0 Å². The number of methoxy groups -OCH3 is 1. The van der Waals surface area contributed by atoms with E-state index in [0.717, 1.165) is 6.54 Å². The maximum absolute atomic E-state index is 6.11. The van der Waals surface area contributed by atoms with Crippen molar-refractivity contribution < 1.29 is 4.74 Å². The highest BCUT2D eigenvalue weighted by molar-refractivity contribution is 4.94. The highest BCUT2D eigenvalue weighted by Gasteiger charge is 2.38. The van der Waals surface area contributed by atoms with Crippen molar-refractivity contribution in [2.75, 3.05) is 13.7 Å². The Labute approximate surface area is 127 Å². The zero-order chi connectivity index (χ0) is 14.7. The van der Waals surface area contributed by atoms with Gasteiger partial charge in [-0.05, 0) is 32.2 Å². The van der Waals surface area contributed by atoms with Crippen molar-refractivity contribution in [3.63, 3.8) is 0 Å². The van der Waals surface area contributed by atoms with Gasteiger partial charge in [0.2, 0.25) is 0 Å². The van der Waals surface area contributed by atoms with Crippen LogP contribution in [0.2, 0.25) is 0 Å². The van der Waals surface area contributed by atoms with Crippen molar-refractivity contribution in [2.45, 2.75) is 103 Å². The molecule has 0 bridgehead atoms. The summed E-state index contributed by atoms with van der Waals surface area (Å²) in [6.07, 6.45) is 15.9. The van der Waals surface area contributed by atoms with Crippen LogP contribution in [0.5, 0.6) is 0 Å². The van der Waals surface area contributed by atoms with Gasteiger partial charge in [0.05, 0.1) is 5.60 Å². The molecule has 2 heteroatoms. The standard InChI is InChI=1S/C18H37NO/c1-4-6-7-10-13-17(19-16-5-2)18(20-3)14-11-8-9-12-15-18/h17,19H,4-16H2,1-3H3. The molecule has 2 nitrogen and oxygen atoms in total. The van der Waals surface area contributed by atoms with E-state index in [2.05, 4.69) is 19.2 Å². The molecule has 0 spiro atoms. The molecule has 0 amide bonds. The molecule has 0 saturated heterocycles. The first kappa shape index (κ1) is 18.0. The minimum absolute atomic E-state index is 0.109. The molecular weight excluding hydrogens is 246 g/mol. The second-order valence-electron chi connectivity index (χ2n) is 6.54. The van der Waals surface area contributed by atoms with Gasteiger partial charge in [-0.25, -0.2) is 0 Å². The third-order valence-electron chi connectivity index (χ3n) is 4.98. The molecule has 0 aromatic rings. The molecule has 0 aromatic carbocycles. The summed E-state index contributed by atoms with van der Waals surface area (Å²) < 4.78 is 6.11. The fraction of sp³-hybridized carbons (Fsp3) is 1.00. The highest BCUT2D eigenvalue weighted by Crippen LogP contribution is 2.35. The lowest BCUT2D eigenvalue weighted by Gasteiger charge is -2.40. The lowest BCUT2D eigenvalue weighted by atomic mass is 9.83. The molecule has 20 heavy (non-hydrogen) atoms. The van der Waals surface area contributed by atoms with E-state index in [0.29, 0.717) is 6.04 Å². The molecule has 0 aromatic heterocycles. The summed E-state index contributed by atoms with van der Waals surface area (Å²) in [5.74, 6) is 0. The molecule has 1 rings (SSSR count). The van der Waals surface area contributed by atoms with Gasteiger partial charge in [-0.15, -0.1) is 0 Å². The zero-order valence-electron chi connectivity index (χ0n) is 14.2. The van der Waals surface area contributed by atoms with Crippen LogP contribution in [-0.2, 0) is 4.74 Å². The van der Waals surface area contributed by atoms with Gasteiger partial charge in [-0.3, -0.25) is 0 Å². The number of hydrogen-bond donors (Lipinski definition) is 1. The molecule has 0 heterocycles. The molecular formula is C18H37NO. The van der Waals surface area contributed by atoms with E-state index in [1.807, 2.05) is 7.11 Å². The van der Waals surface area contributed by atoms with Crippen LogP contribution in [0.15, 0.2) is 0 Å². The summed E-state index contributed by atoms with van der Waals surface area (Å²) in [6.45, 7) is 5.67. The molecule has 1 aliphatic rings. The lowest BCUT2D eigenvalue weighted by molar-refractivity contribution is -0.0552. The van der Waals surface area contributed by atoms with E-state index < -0.39 is 0 Å². The third-order valence-corrected chi connectivity index (χ3v) is 4.98. The number of ether oxygens (including phenoxy) is 1. The zero-order valence-corrected chi connectivity index (χ0v) is 14.2. The Morgan fingerprint density at radius 1 is 0.950 bits per heavy atom. The van der Waals surface area contributed by atoms with Crippen molar-refractivity contribution in [1.82, 2.24) is 5.32 Å². The molecule has 1 saturated carbocycles. The van der Waals surface area contributed by atoms with E-state index in [9.17, 15) is 0 Å². The summed E-state index contributed by atoms with van der Waals surface area (Å²) in [6, 6.07) is 0.558. The Kier molecular flexibility index (Phi) is 9.54. The van der Waals surface area contributed by atoms with Crippen molar-refractivity contribution in [1.29, 1.82) is 0 Å². The van der Waals surface area contributed by atoms with E-state index in [4.69, 9.17) is 4.74 Å². The number of rotatable bonds is 10. The van der Waals surface area contributed by atoms with Crippen molar-refractivity contribution in [2.24, 2.45) is 0 Å². The number of unbranched alkanes of at least 4 members (excludes halogenated alkanes) is 3. The van der Waals surface area contributed by atoms with Gasteiger partial charge >= 0.3 is 0 Å². The third kappa shape index (κ3) is 5.73. The summed E-state index contributed by atoms with van der Waals surface area (Å²) in [5.41, 5.74) is 0.109. The predicted molar refractivity (Wildman–Crippen MR) is 88.3 cm³/mol. The van der Waals surface area contributed by atoms with Gasteiger partial charge in [0.15, 0.2) is 0 Å². The summed E-state index contributed by atoms with van der Waals surface area (Å²) in [4.78, 5) is 0. The van der Waals surface area contributed by atoms with E-state index in [1.165, 1.54) is 77.0 Å². The fourth-order valence-electron chi connectivity index (χ4n) is 3.67. The Bertz CT molecular complexity index is 221. The normalized spacial score (nSPS) is 20.6. The SMILES string of the molecule is CCCCCCC(NCCC)C1(OC)CCCCCC1. The van der Waals surface area contributed by atoms with E-state index >= 15 is 0 Å².